The van der Waals surface area contributed by atoms with E-state index in [4.69, 9.17) is 4.74 Å². The van der Waals surface area contributed by atoms with E-state index in [1.54, 1.807) is 12.4 Å². The van der Waals surface area contributed by atoms with E-state index in [-0.39, 0.29) is 17.4 Å². The van der Waals surface area contributed by atoms with E-state index in [1.165, 1.54) is 5.56 Å². The van der Waals surface area contributed by atoms with Crippen LogP contribution in [0.2, 0.25) is 0 Å². The van der Waals surface area contributed by atoms with Crippen LogP contribution in [0.4, 0.5) is 0 Å². The van der Waals surface area contributed by atoms with Gasteiger partial charge in [0.2, 0.25) is 5.91 Å². The summed E-state index contributed by atoms with van der Waals surface area (Å²) in [6.07, 6.45) is 7.06. The number of hydrogen-bond donors (Lipinski definition) is 1. The number of carbonyl (C=O) groups excluding carboxylic acids is 1. The summed E-state index contributed by atoms with van der Waals surface area (Å²) in [6.45, 7) is 5.65. The third-order valence-corrected chi connectivity index (χ3v) is 5.51. The molecule has 0 bridgehead atoms. The zero-order chi connectivity index (χ0) is 19.1. The quantitative estimate of drug-likeness (QED) is 0.801. The molecule has 144 valence electrons. The molecule has 2 atom stereocenters. The fourth-order valence-corrected chi connectivity index (χ4v) is 3.96. The third kappa shape index (κ3) is 5.64. The van der Waals surface area contributed by atoms with Gasteiger partial charge in [0.05, 0.1) is 6.10 Å². The van der Waals surface area contributed by atoms with Gasteiger partial charge in [0.1, 0.15) is 0 Å². The van der Waals surface area contributed by atoms with Gasteiger partial charge >= 0.3 is 0 Å². The van der Waals surface area contributed by atoms with E-state index in [0.29, 0.717) is 18.9 Å². The molecule has 27 heavy (non-hydrogen) atoms. The van der Waals surface area contributed by atoms with Crippen LogP contribution in [0.3, 0.4) is 0 Å². The lowest BCUT2D eigenvalue weighted by Crippen LogP contribution is -2.42. The van der Waals surface area contributed by atoms with Crippen molar-refractivity contribution < 1.29 is 9.53 Å². The Morgan fingerprint density at radius 3 is 2.70 bits per heavy atom. The van der Waals surface area contributed by atoms with Gasteiger partial charge in [-0.05, 0) is 47.8 Å². The summed E-state index contributed by atoms with van der Waals surface area (Å²) in [4.78, 5) is 16.9. The van der Waals surface area contributed by atoms with Crippen molar-refractivity contribution in [3.8, 4) is 0 Å². The highest BCUT2D eigenvalue weighted by Crippen LogP contribution is 2.41. The van der Waals surface area contributed by atoms with E-state index in [0.717, 1.165) is 31.4 Å². The Hall–Kier alpha value is -2.20. The smallest absolute Gasteiger partial charge is 0.220 e. The first-order valence-electron chi connectivity index (χ1n) is 9.87. The second kappa shape index (κ2) is 9.14. The molecule has 0 aliphatic carbocycles. The van der Waals surface area contributed by atoms with Crippen LogP contribution in [0.5, 0.6) is 0 Å². The minimum Gasteiger partial charge on any atom is -0.378 e. The predicted molar refractivity (Wildman–Crippen MR) is 107 cm³/mol. The van der Waals surface area contributed by atoms with Crippen molar-refractivity contribution in [1.82, 2.24) is 10.3 Å². The molecule has 1 fully saturated rings. The van der Waals surface area contributed by atoms with Gasteiger partial charge in [0.15, 0.2) is 0 Å². The van der Waals surface area contributed by atoms with E-state index in [2.05, 4.69) is 48.4 Å². The molecule has 0 spiro atoms. The molecule has 0 radical (unpaired) electrons. The van der Waals surface area contributed by atoms with Crippen LogP contribution >= 0.6 is 0 Å². The summed E-state index contributed by atoms with van der Waals surface area (Å²) >= 11 is 0. The lowest BCUT2D eigenvalue weighted by atomic mass is 9.69. The molecule has 3 rings (SSSR count). The lowest BCUT2D eigenvalue weighted by Gasteiger charge is -2.42. The molecule has 1 N–H and O–H groups in total. The Kier molecular flexibility index (Phi) is 6.62. The number of nitrogens with one attached hydrogen (secondary N) is 1. The summed E-state index contributed by atoms with van der Waals surface area (Å²) in [7, 11) is 0. The first kappa shape index (κ1) is 19.6. The standard InChI is InChI=1S/C23H30N2O2/c1-18(2)21-14-23(10-12-27-21,13-19-7-4-3-5-8-19)15-22(26)25-17-20-9-6-11-24-16-20/h3-9,11,16,18,21H,10,12-15,17H2,1-2H3,(H,25,26)/t21-,23-/m0/s1. The van der Waals surface area contributed by atoms with E-state index < -0.39 is 0 Å². The summed E-state index contributed by atoms with van der Waals surface area (Å²) in [5, 5.41) is 3.08. The summed E-state index contributed by atoms with van der Waals surface area (Å²) in [6, 6.07) is 14.4. The Bertz CT molecular complexity index is 718. The number of nitrogens with zero attached hydrogens (tertiary/aromatic N) is 1. The van der Waals surface area contributed by atoms with Crippen LogP contribution in [0.25, 0.3) is 0 Å². The molecule has 1 aromatic heterocycles. The van der Waals surface area contributed by atoms with Gasteiger partial charge in [0, 0.05) is 32.0 Å². The Labute approximate surface area is 162 Å². The highest BCUT2D eigenvalue weighted by molar-refractivity contribution is 5.76. The van der Waals surface area contributed by atoms with Crippen molar-refractivity contribution in [2.45, 2.75) is 52.2 Å². The molecule has 1 aromatic carbocycles. The van der Waals surface area contributed by atoms with Gasteiger partial charge in [-0.15, -0.1) is 0 Å². The zero-order valence-electron chi connectivity index (χ0n) is 16.4. The van der Waals surface area contributed by atoms with Crippen molar-refractivity contribution in [1.29, 1.82) is 0 Å². The minimum atomic E-state index is -0.0481. The number of carbonyl (C=O) groups is 1. The van der Waals surface area contributed by atoms with E-state index >= 15 is 0 Å². The molecule has 0 unspecified atom stereocenters. The Morgan fingerprint density at radius 1 is 1.22 bits per heavy atom. The predicted octanol–water partition coefficient (Wildman–Crippen LogP) is 4.15. The SMILES string of the molecule is CC(C)[C@@H]1C[C@@](CC(=O)NCc2cccnc2)(Cc2ccccc2)CCO1. The molecule has 1 saturated heterocycles. The molecule has 1 aliphatic rings. The number of benzene rings is 1. The maximum atomic E-state index is 12.8. The molecule has 4 heteroatoms. The molecule has 1 aliphatic heterocycles. The molecule has 2 aromatic rings. The van der Waals surface area contributed by atoms with Crippen molar-refractivity contribution in [2.24, 2.45) is 11.3 Å². The third-order valence-electron chi connectivity index (χ3n) is 5.51. The van der Waals surface area contributed by atoms with Gasteiger partial charge in [0.25, 0.3) is 0 Å². The van der Waals surface area contributed by atoms with E-state index in [9.17, 15) is 4.79 Å². The normalized spacial score (nSPS) is 22.6. The molecule has 0 saturated carbocycles. The lowest BCUT2D eigenvalue weighted by molar-refractivity contribution is -0.128. The van der Waals surface area contributed by atoms with Crippen molar-refractivity contribution in [3.05, 3.63) is 66.0 Å². The van der Waals surface area contributed by atoms with Crippen LogP contribution in [-0.2, 0) is 22.5 Å². The number of rotatable bonds is 7. The van der Waals surface area contributed by atoms with Crippen LogP contribution in [-0.4, -0.2) is 23.6 Å². The highest BCUT2D eigenvalue weighted by Gasteiger charge is 2.39. The number of amides is 1. The molecule has 4 nitrogen and oxygen atoms in total. The van der Waals surface area contributed by atoms with Crippen LogP contribution in [0.1, 0.15) is 44.2 Å². The second-order valence-electron chi connectivity index (χ2n) is 8.08. The maximum absolute atomic E-state index is 12.8. The van der Waals surface area contributed by atoms with Crippen LogP contribution < -0.4 is 5.32 Å². The zero-order valence-corrected chi connectivity index (χ0v) is 16.4. The summed E-state index contributed by atoms with van der Waals surface area (Å²) in [5.41, 5.74) is 2.27. The number of ether oxygens (including phenoxy) is 1. The Morgan fingerprint density at radius 2 is 2.00 bits per heavy atom. The summed E-state index contributed by atoms with van der Waals surface area (Å²) < 4.78 is 6.00. The van der Waals surface area contributed by atoms with Gasteiger partial charge in [-0.1, -0.05) is 50.2 Å². The second-order valence-corrected chi connectivity index (χ2v) is 8.08. The fraction of sp³-hybridized carbons (Fsp3) is 0.478. The fourth-order valence-electron chi connectivity index (χ4n) is 3.96. The van der Waals surface area contributed by atoms with E-state index in [1.807, 2.05) is 18.2 Å². The molecular formula is C23H30N2O2. The van der Waals surface area contributed by atoms with Gasteiger partial charge in [-0.25, -0.2) is 0 Å². The Balaban J connectivity index is 1.70. The topological polar surface area (TPSA) is 51.2 Å². The molecular weight excluding hydrogens is 336 g/mol. The maximum Gasteiger partial charge on any atom is 0.220 e. The van der Waals surface area contributed by atoms with Gasteiger partial charge in [-0.3, -0.25) is 9.78 Å². The number of aromatic nitrogens is 1. The van der Waals surface area contributed by atoms with Crippen molar-refractivity contribution in [2.75, 3.05) is 6.61 Å². The summed E-state index contributed by atoms with van der Waals surface area (Å²) in [5.74, 6) is 0.568. The monoisotopic (exact) mass is 366 g/mol. The number of pyridine rings is 1. The average molecular weight is 367 g/mol. The first-order valence-corrected chi connectivity index (χ1v) is 9.87. The molecule has 1 amide bonds. The van der Waals surface area contributed by atoms with Crippen molar-refractivity contribution >= 4 is 5.91 Å². The van der Waals surface area contributed by atoms with Crippen LogP contribution in [0.15, 0.2) is 54.9 Å². The van der Waals surface area contributed by atoms with Gasteiger partial charge < -0.3 is 10.1 Å². The average Bonchev–Trinajstić information content (AvgIpc) is 2.68. The highest BCUT2D eigenvalue weighted by atomic mass is 16.5. The molecule has 2 heterocycles. The largest absolute Gasteiger partial charge is 0.378 e. The van der Waals surface area contributed by atoms with Crippen LogP contribution in [0, 0.1) is 11.3 Å². The van der Waals surface area contributed by atoms with Crippen molar-refractivity contribution in [3.63, 3.8) is 0 Å². The van der Waals surface area contributed by atoms with Gasteiger partial charge in [-0.2, -0.15) is 0 Å². The minimum absolute atomic E-state index is 0.0481. The first-order chi connectivity index (χ1) is 13.1. The number of hydrogen-bond acceptors (Lipinski definition) is 3.